The van der Waals surface area contributed by atoms with E-state index in [-0.39, 0.29) is 5.82 Å². The van der Waals surface area contributed by atoms with Crippen LogP contribution in [0.1, 0.15) is 0 Å². The number of nitrogens with two attached hydrogens (primary N) is 1. The fraction of sp³-hybridized carbons (Fsp3) is 0.0769. The second-order valence-electron chi connectivity index (χ2n) is 3.70. The quantitative estimate of drug-likeness (QED) is 0.831. The molecule has 2 rings (SSSR count). The molecule has 2 aromatic carbocycles. The minimum atomic E-state index is -0.362. The van der Waals surface area contributed by atoms with E-state index >= 15 is 0 Å². The van der Waals surface area contributed by atoms with Crippen LogP contribution in [0.25, 0.3) is 0 Å². The van der Waals surface area contributed by atoms with Gasteiger partial charge in [-0.25, -0.2) is 4.39 Å². The predicted octanol–water partition coefficient (Wildman–Crippen LogP) is 3.81. The fourth-order valence-electron chi connectivity index (χ4n) is 1.56. The largest absolute Gasteiger partial charge is 0.495 e. The van der Waals surface area contributed by atoms with Gasteiger partial charge < -0.3 is 15.8 Å². The van der Waals surface area contributed by atoms with Crippen LogP contribution in [0.2, 0.25) is 5.02 Å². The van der Waals surface area contributed by atoms with Gasteiger partial charge in [0.15, 0.2) is 0 Å². The fourth-order valence-corrected chi connectivity index (χ4v) is 1.73. The summed E-state index contributed by atoms with van der Waals surface area (Å²) < 4.78 is 18.4. The van der Waals surface area contributed by atoms with Crippen LogP contribution >= 0.6 is 11.6 Å². The molecule has 5 heteroatoms. The van der Waals surface area contributed by atoms with Crippen molar-refractivity contribution in [3.63, 3.8) is 0 Å². The first-order valence-electron chi connectivity index (χ1n) is 5.26. The van der Waals surface area contributed by atoms with Gasteiger partial charge in [-0.05, 0) is 30.3 Å². The van der Waals surface area contributed by atoms with E-state index in [1.54, 1.807) is 24.3 Å². The Balaban J connectivity index is 2.38. The number of ether oxygens (including phenoxy) is 1. The molecule has 18 heavy (non-hydrogen) atoms. The van der Waals surface area contributed by atoms with Crippen molar-refractivity contribution in [2.45, 2.75) is 0 Å². The minimum absolute atomic E-state index is 0.362. The summed E-state index contributed by atoms with van der Waals surface area (Å²) in [4.78, 5) is 0. The molecule has 3 N–H and O–H groups in total. The summed E-state index contributed by atoms with van der Waals surface area (Å²) in [5.41, 5.74) is 7.43. The lowest BCUT2D eigenvalue weighted by Crippen LogP contribution is -1.99. The number of benzene rings is 2. The predicted molar refractivity (Wildman–Crippen MR) is 72.1 cm³/mol. The van der Waals surface area contributed by atoms with Crippen molar-refractivity contribution in [1.29, 1.82) is 0 Å². The molecule has 0 radical (unpaired) electrons. The number of nitrogens with one attached hydrogen (secondary N) is 1. The summed E-state index contributed by atoms with van der Waals surface area (Å²) >= 11 is 5.89. The average molecular weight is 267 g/mol. The van der Waals surface area contributed by atoms with Crippen LogP contribution in [0.5, 0.6) is 5.75 Å². The lowest BCUT2D eigenvalue weighted by atomic mass is 10.2. The van der Waals surface area contributed by atoms with Crippen LogP contribution in [0.4, 0.5) is 21.5 Å². The van der Waals surface area contributed by atoms with E-state index in [0.29, 0.717) is 27.8 Å². The van der Waals surface area contributed by atoms with Gasteiger partial charge in [-0.1, -0.05) is 11.6 Å². The molecule has 2 aromatic rings. The first kappa shape index (κ1) is 12.5. The highest BCUT2D eigenvalue weighted by atomic mass is 35.5. The van der Waals surface area contributed by atoms with Crippen molar-refractivity contribution in [2.75, 3.05) is 18.2 Å². The van der Waals surface area contributed by atoms with Gasteiger partial charge in [-0.3, -0.25) is 0 Å². The molecule has 0 heterocycles. The summed E-state index contributed by atoms with van der Waals surface area (Å²) in [6.07, 6.45) is 0. The normalized spacial score (nSPS) is 10.2. The minimum Gasteiger partial charge on any atom is -0.495 e. The third-order valence-electron chi connectivity index (χ3n) is 2.45. The maximum absolute atomic E-state index is 13.2. The number of nitrogen functional groups attached to an aromatic ring is 1. The van der Waals surface area contributed by atoms with E-state index in [1.807, 2.05) is 0 Å². The molecular formula is C13H12ClFN2O. The Kier molecular flexibility index (Phi) is 3.58. The SMILES string of the molecule is COc1ccc(F)cc1Nc1cc(Cl)ccc1N. The van der Waals surface area contributed by atoms with E-state index in [2.05, 4.69) is 5.32 Å². The molecule has 0 spiro atoms. The molecule has 3 nitrogen and oxygen atoms in total. The van der Waals surface area contributed by atoms with Crippen molar-refractivity contribution in [1.82, 2.24) is 0 Å². The second kappa shape index (κ2) is 5.14. The Morgan fingerprint density at radius 1 is 1.17 bits per heavy atom. The molecule has 0 saturated heterocycles. The molecule has 0 aliphatic heterocycles. The number of methoxy groups -OCH3 is 1. The molecule has 0 atom stereocenters. The van der Waals surface area contributed by atoms with Crippen LogP contribution in [-0.2, 0) is 0 Å². The smallest absolute Gasteiger partial charge is 0.142 e. The summed E-state index contributed by atoms with van der Waals surface area (Å²) in [6, 6.07) is 9.23. The van der Waals surface area contributed by atoms with Crippen LogP contribution in [-0.4, -0.2) is 7.11 Å². The van der Waals surface area contributed by atoms with E-state index < -0.39 is 0 Å². The third-order valence-corrected chi connectivity index (χ3v) is 2.68. The van der Waals surface area contributed by atoms with Gasteiger partial charge in [0, 0.05) is 11.1 Å². The van der Waals surface area contributed by atoms with E-state index in [9.17, 15) is 4.39 Å². The molecule has 0 bridgehead atoms. The lowest BCUT2D eigenvalue weighted by Gasteiger charge is -2.13. The first-order valence-corrected chi connectivity index (χ1v) is 5.63. The molecule has 0 aliphatic rings. The summed E-state index contributed by atoms with van der Waals surface area (Å²) in [7, 11) is 1.51. The zero-order chi connectivity index (χ0) is 13.1. The number of halogens is 2. The van der Waals surface area contributed by atoms with E-state index in [4.69, 9.17) is 22.1 Å². The summed E-state index contributed by atoms with van der Waals surface area (Å²) in [6.45, 7) is 0. The van der Waals surface area contributed by atoms with Gasteiger partial charge in [-0.2, -0.15) is 0 Å². The van der Waals surface area contributed by atoms with Crippen LogP contribution in [0, 0.1) is 5.82 Å². The molecule has 0 amide bonds. The van der Waals surface area contributed by atoms with Gasteiger partial charge in [0.1, 0.15) is 11.6 Å². The van der Waals surface area contributed by atoms with Crippen LogP contribution in [0.3, 0.4) is 0 Å². The highest BCUT2D eigenvalue weighted by Crippen LogP contribution is 2.32. The van der Waals surface area contributed by atoms with Crippen molar-refractivity contribution in [3.8, 4) is 5.75 Å². The number of rotatable bonds is 3. The van der Waals surface area contributed by atoms with Crippen molar-refractivity contribution in [3.05, 3.63) is 47.2 Å². The summed E-state index contributed by atoms with van der Waals surface area (Å²) in [5.74, 6) is 0.162. The van der Waals surface area contributed by atoms with Gasteiger partial charge in [0.25, 0.3) is 0 Å². The number of anilines is 3. The van der Waals surface area contributed by atoms with E-state index in [0.717, 1.165) is 0 Å². The van der Waals surface area contributed by atoms with Crippen molar-refractivity contribution >= 4 is 28.7 Å². The number of hydrogen-bond acceptors (Lipinski definition) is 3. The van der Waals surface area contributed by atoms with Gasteiger partial charge in [-0.15, -0.1) is 0 Å². The highest BCUT2D eigenvalue weighted by Gasteiger charge is 2.07. The molecule has 0 aliphatic carbocycles. The van der Waals surface area contributed by atoms with Gasteiger partial charge >= 0.3 is 0 Å². The summed E-state index contributed by atoms with van der Waals surface area (Å²) in [5, 5.41) is 3.54. The second-order valence-corrected chi connectivity index (χ2v) is 4.14. The zero-order valence-corrected chi connectivity index (χ0v) is 10.5. The van der Waals surface area contributed by atoms with E-state index in [1.165, 1.54) is 19.2 Å². The molecule has 94 valence electrons. The monoisotopic (exact) mass is 266 g/mol. The van der Waals surface area contributed by atoms with Gasteiger partial charge in [0.05, 0.1) is 24.2 Å². The Hall–Kier alpha value is -1.94. The maximum Gasteiger partial charge on any atom is 0.142 e. The Bertz CT molecular complexity index is 575. The molecular weight excluding hydrogens is 255 g/mol. The Labute approximate surface area is 109 Å². The number of hydrogen-bond donors (Lipinski definition) is 2. The van der Waals surface area contributed by atoms with Crippen molar-refractivity contribution in [2.24, 2.45) is 0 Å². The molecule has 0 saturated carbocycles. The highest BCUT2D eigenvalue weighted by molar-refractivity contribution is 6.31. The van der Waals surface area contributed by atoms with Gasteiger partial charge in [0.2, 0.25) is 0 Å². The zero-order valence-electron chi connectivity index (χ0n) is 9.71. The first-order chi connectivity index (χ1) is 8.60. The maximum atomic E-state index is 13.2. The lowest BCUT2D eigenvalue weighted by molar-refractivity contribution is 0.416. The molecule has 0 fully saturated rings. The standard InChI is InChI=1S/C13H12ClFN2O/c1-18-13-5-3-9(15)7-12(13)17-11-6-8(14)2-4-10(11)16/h2-7,17H,16H2,1H3. The topological polar surface area (TPSA) is 47.3 Å². The average Bonchev–Trinajstić information content (AvgIpc) is 2.34. The molecule has 0 unspecified atom stereocenters. The Morgan fingerprint density at radius 2 is 1.94 bits per heavy atom. The third kappa shape index (κ3) is 2.65. The molecule has 0 aromatic heterocycles. The Morgan fingerprint density at radius 3 is 2.67 bits per heavy atom. The van der Waals surface area contributed by atoms with Crippen LogP contribution in [0.15, 0.2) is 36.4 Å². The van der Waals surface area contributed by atoms with Crippen LogP contribution < -0.4 is 15.8 Å². The van der Waals surface area contributed by atoms with Crippen molar-refractivity contribution < 1.29 is 9.13 Å².